The molecule has 2 N–H and O–H groups in total. The summed E-state index contributed by atoms with van der Waals surface area (Å²) in [5.41, 5.74) is 2.23. The predicted octanol–water partition coefficient (Wildman–Crippen LogP) is 5.01. The Morgan fingerprint density at radius 3 is 2.74 bits per heavy atom. The lowest BCUT2D eigenvalue weighted by Crippen LogP contribution is -2.41. The van der Waals surface area contributed by atoms with Crippen LogP contribution in [0, 0.1) is 5.92 Å². The fraction of sp³-hybridized carbons (Fsp3) is 0.500. The molecule has 1 aliphatic heterocycles. The first-order chi connectivity index (χ1) is 20.8. The van der Waals surface area contributed by atoms with E-state index >= 15 is 0 Å². The number of halogens is 1. The van der Waals surface area contributed by atoms with Crippen LogP contribution in [-0.2, 0) is 26.1 Å². The van der Waals surface area contributed by atoms with Crippen molar-refractivity contribution in [3.63, 3.8) is 0 Å². The number of aromatic nitrogens is 3. The number of nitrogens with one attached hydrogen (secondary N) is 2. The number of anilines is 1. The Kier molecular flexibility index (Phi) is 10.00. The largest absolute Gasteiger partial charge is 0.450 e. The minimum atomic E-state index is -0.567. The summed E-state index contributed by atoms with van der Waals surface area (Å²) in [5.74, 6) is 1.46. The van der Waals surface area contributed by atoms with E-state index in [1.165, 1.54) is 13.1 Å². The lowest BCUT2D eigenvalue weighted by Gasteiger charge is -2.35. The molecule has 2 unspecified atom stereocenters. The molecule has 0 saturated carbocycles. The molecule has 2 atom stereocenters. The number of rotatable bonds is 14. The number of carbonyl (C=O) groups is 1. The molecule has 5 rings (SSSR count). The van der Waals surface area contributed by atoms with Gasteiger partial charge in [0.05, 0.1) is 31.5 Å². The summed E-state index contributed by atoms with van der Waals surface area (Å²) in [6, 6.07) is 9.67. The van der Waals surface area contributed by atoms with Gasteiger partial charge in [-0.2, -0.15) is 0 Å². The Morgan fingerprint density at radius 2 is 1.95 bits per heavy atom. The molecule has 0 aliphatic carbocycles. The summed E-state index contributed by atoms with van der Waals surface area (Å²) in [6.07, 6.45) is 4.91. The van der Waals surface area contributed by atoms with E-state index in [1.54, 1.807) is 6.07 Å². The van der Waals surface area contributed by atoms with Crippen molar-refractivity contribution in [1.29, 1.82) is 0 Å². The van der Waals surface area contributed by atoms with Crippen molar-refractivity contribution in [3.8, 4) is 0 Å². The molecule has 43 heavy (non-hydrogen) atoms. The van der Waals surface area contributed by atoms with Gasteiger partial charge in [0.2, 0.25) is 5.91 Å². The fourth-order valence-electron chi connectivity index (χ4n) is 5.73. The maximum atomic E-state index is 12.7. The molecule has 1 aromatic carbocycles. The van der Waals surface area contributed by atoms with Crippen molar-refractivity contribution in [3.05, 3.63) is 63.3 Å². The highest BCUT2D eigenvalue weighted by Gasteiger charge is 2.35. The number of carbonyl (C=O) groups excluding carboxylic acids is 1. The smallest absolute Gasteiger partial charge is 0.251 e. The summed E-state index contributed by atoms with van der Waals surface area (Å²) in [7, 11) is 0. The number of pyridine rings is 1. The second-order valence-corrected chi connectivity index (χ2v) is 11.9. The van der Waals surface area contributed by atoms with Gasteiger partial charge >= 0.3 is 0 Å². The Balaban J connectivity index is 1.16. The molecule has 1 fully saturated rings. The Hall–Kier alpha value is -3.47. The third-order valence-corrected chi connectivity index (χ3v) is 8.67. The third kappa shape index (κ3) is 7.20. The third-order valence-electron chi connectivity index (χ3n) is 8.45. The van der Waals surface area contributed by atoms with Gasteiger partial charge in [0, 0.05) is 55.5 Å². The highest BCUT2D eigenvalue weighted by atomic mass is 35.5. The highest BCUT2D eigenvalue weighted by Crippen LogP contribution is 2.35. The van der Waals surface area contributed by atoms with Gasteiger partial charge in [-0.25, -0.2) is 9.97 Å². The summed E-state index contributed by atoms with van der Waals surface area (Å²) >= 11 is 6.22. The van der Waals surface area contributed by atoms with Crippen molar-refractivity contribution in [2.45, 2.75) is 51.9 Å². The fourth-order valence-corrected chi connectivity index (χ4v) is 5.89. The van der Waals surface area contributed by atoms with Crippen LogP contribution >= 0.6 is 11.6 Å². The molecule has 1 saturated heterocycles. The molecule has 11 heteroatoms. The molecular weight excluding hydrogens is 570 g/mol. The zero-order valence-electron chi connectivity index (χ0n) is 25.1. The van der Waals surface area contributed by atoms with E-state index in [2.05, 4.69) is 15.2 Å². The molecule has 230 valence electrons. The SMILES string of the molecule is CC(=O)NCCC(C)(c1cc(Cl)c[nH]c1=O)C(C)COCCOCCc1nc(N2CCCC2)c2oc3ccccc3c2n1. The number of nitrogens with zero attached hydrogens (tertiary/aromatic N) is 3. The number of fused-ring (bicyclic) bond motifs is 3. The molecular formula is C32H40ClN5O5. The number of benzene rings is 1. The summed E-state index contributed by atoms with van der Waals surface area (Å²) in [4.78, 5) is 38.9. The first kappa shape index (κ1) is 31.0. The molecule has 3 aromatic heterocycles. The normalized spacial score (nSPS) is 15.7. The van der Waals surface area contributed by atoms with Gasteiger partial charge in [0.15, 0.2) is 11.4 Å². The molecule has 0 radical (unpaired) electrons. The molecule has 1 aliphatic rings. The number of furan rings is 1. The van der Waals surface area contributed by atoms with E-state index in [4.69, 9.17) is 35.5 Å². The first-order valence-electron chi connectivity index (χ1n) is 15.0. The monoisotopic (exact) mass is 609 g/mol. The van der Waals surface area contributed by atoms with Crippen LogP contribution in [-0.4, -0.2) is 66.9 Å². The van der Waals surface area contributed by atoms with Gasteiger partial charge in [-0.15, -0.1) is 0 Å². The standard InChI is InChI=1S/C32H40ClN5O5/c1-21(32(3,11-12-34-22(2)39)25-18-23(33)19-35-31(25)40)20-42-17-16-41-15-10-27-36-28-24-8-4-5-9-26(24)43-29(28)30(37-27)38-13-6-7-14-38/h4-5,8-9,18-19,21H,6-7,10-17,20H2,1-3H3,(H,34,39)(H,35,40). The van der Waals surface area contributed by atoms with Crippen LogP contribution in [0.4, 0.5) is 5.82 Å². The van der Waals surface area contributed by atoms with Crippen LogP contribution in [0.1, 0.15) is 51.4 Å². The van der Waals surface area contributed by atoms with Gasteiger partial charge in [0.1, 0.15) is 16.9 Å². The van der Waals surface area contributed by atoms with Crippen LogP contribution in [0.15, 0.2) is 45.7 Å². The maximum Gasteiger partial charge on any atom is 0.251 e. The van der Waals surface area contributed by atoms with Gasteiger partial charge in [-0.1, -0.05) is 37.6 Å². The predicted molar refractivity (Wildman–Crippen MR) is 168 cm³/mol. The zero-order chi connectivity index (χ0) is 30.4. The molecule has 4 heterocycles. The Labute approximate surface area is 256 Å². The summed E-state index contributed by atoms with van der Waals surface area (Å²) in [5, 5.41) is 4.29. The molecule has 0 spiro atoms. The number of para-hydroxylation sites is 1. The van der Waals surface area contributed by atoms with Crippen LogP contribution in [0.3, 0.4) is 0 Å². The van der Waals surface area contributed by atoms with Gasteiger partial charge < -0.3 is 29.1 Å². The van der Waals surface area contributed by atoms with Crippen molar-refractivity contribution in [1.82, 2.24) is 20.3 Å². The van der Waals surface area contributed by atoms with Crippen molar-refractivity contribution < 1.29 is 18.7 Å². The average molecular weight is 610 g/mol. The minimum absolute atomic E-state index is 0.0326. The van der Waals surface area contributed by atoms with E-state index in [0.717, 1.165) is 59.6 Å². The minimum Gasteiger partial charge on any atom is -0.450 e. The molecule has 1 amide bonds. The maximum absolute atomic E-state index is 12.7. The lowest BCUT2D eigenvalue weighted by atomic mass is 9.71. The average Bonchev–Trinajstić information content (AvgIpc) is 3.66. The zero-order valence-corrected chi connectivity index (χ0v) is 25.8. The van der Waals surface area contributed by atoms with Crippen LogP contribution < -0.4 is 15.8 Å². The van der Waals surface area contributed by atoms with E-state index in [-0.39, 0.29) is 17.4 Å². The van der Waals surface area contributed by atoms with Gasteiger partial charge in [-0.05, 0) is 43.4 Å². The van der Waals surface area contributed by atoms with Crippen molar-refractivity contribution in [2.24, 2.45) is 5.92 Å². The second kappa shape index (κ2) is 13.9. The van der Waals surface area contributed by atoms with Crippen molar-refractivity contribution >= 4 is 45.4 Å². The number of amides is 1. The van der Waals surface area contributed by atoms with Gasteiger partial charge in [0.25, 0.3) is 5.56 Å². The lowest BCUT2D eigenvalue weighted by molar-refractivity contribution is -0.119. The Bertz CT molecular complexity index is 1620. The van der Waals surface area contributed by atoms with Crippen LogP contribution in [0.5, 0.6) is 0 Å². The van der Waals surface area contributed by atoms with E-state index in [9.17, 15) is 9.59 Å². The number of hydrogen-bond acceptors (Lipinski definition) is 8. The highest BCUT2D eigenvalue weighted by molar-refractivity contribution is 6.30. The Morgan fingerprint density at radius 1 is 1.19 bits per heavy atom. The van der Waals surface area contributed by atoms with Crippen molar-refractivity contribution in [2.75, 3.05) is 51.0 Å². The summed E-state index contributed by atoms with van der Waals surface area (Å²) < 4.78 is 18.1. The number of ether oxygens (including phenoxy) is 2. The first-order valence-corrected chi connectivity index (χ1v) is 15.4. The van der Waals surface area contributed by atoms with Crippen LogP contribution in [0.2, 0.25) is 5.02 Å². The molecule has 4 aromatic rings. The molecule has 10 nitrogen and oxygen atoms in total. The topological polar surface area (TPSA) is 123 Å². The molecule has 0 bridgehead atoms. The second-order valence-electron chi connectivity index (χ2n) is 11.5. The van der Waals surface area contributed by atoms with E-state index < -0.39 is 5.41 Å². The number of hydrogen-bond donors (Lipinski definition) is 2. The number of aromatic amines is 1. The van der Waals surface area contributed by atoms with Crippen LogP contribution in [0.25, 0.3) is 22.1 Å². The summed E-state index contributed by atoms with van der Waals surface area (Å²) in [6.45, 7) is 9.60. The van der Waals surface area contributed by atoms with Gasteiger partial charge in [-0.3, -0.25) is 9.59 Å². The van der Waals surface area contributed by atoms with E-state index in [1.807, 2.05) is 38.1 Å². The van der Waals surface area contributed by atoms with E-state index in [0.29, 0.717) is 56.4 Å². The quantitative estimate of drug-likeness (QED) is 0.191. The number of H-pyrrole nitrogens is 1.